The van der Waals surface area contributed by atoms with Crippen LogP contribution in [0.2, 0.25) is 5.02 Å². The number of rotatable bonds is 5. The van der Waals surface area contributed by atoms with Gasteiger partial charge < -0.3 is 10.6 Å². The molecule has 2 rings (SSSR count). The van der Waals surface area contributed by atoms with E-state index in [1.165, 1.54) is 25.2 Å². The second-order valence-electron chi connectivity index (χ2n) is 5.49. The summed E-state index contributed by atoms with van der Waals surface area (Å²) in [5, 5.41) is 7.31. The molecule has 1 aromatic rings. The number of halogens is 1. The summed E-state index contributed by atoms with van der Waals surface area (Å²) in [5.74, 6) is 0. The Morgan fingerprint density at radius 3 is 2.85 bits per heavy atom. The van der Waals surface area contributed by atoms with Crippen LogP contribution >= 0.6 is 11.6 Å². The average Bonchev–Trinajstić information content (AvgIpc) is 2.83. The fraction of sp³-hybridized carbons (Fsp3) is 0.571. The van der Waals surface area contributed by atoms with Crippen LogP contribution < -0.4 is 10.6 Å². The Labute approximate surface area is 125 Å². The lowest BCUT2D eigenvalue weighted by Gasteiger charge is -2.20. The van der Waals surface area contributed by atoms with Crippen molar-refractivity contribution in [2.75, 3.05) is 18.1 Å². The first-order valence-electron chi connectivity index (χ1n) is 6.86. The topological polar surface area (TPSA) is 58.2 Å². The Morgan fingerprint density at radius 2 is 2.25 bits per heavy atom. The number of hydrogen-bond donors (Lipinski definition) is 2. The highest BCUT2D eigenvalue weighted by Gasteiger charge is 2.18. The molecular formula is C14H21ClN2O2S. The van der Waals surface area contributed by atoms with E-state index in [9.17, 15) is 8.42 Å². The summed E-state index contributed by atoms with van der Waals surface area (Å²) in [7, 11) is -3.21. The molecule has 2 unspecified atom stereocenters. The first-order valence-corrected chi connectivity index (χ1v) is 9.13. The van der Waals surface area contributed by atoms with Crippen molar-refractivity contribution in [3.05, 3.63) is 23.2 Å². The smallest absolute Gasteiger partial charge is 0.175 e. The van der Waals surface area contributed by atoms with E-state index in [2.05, 4.69) is 17.6 Å². The van der Waals surface area contributed by atoms with Crippen molar-refractivity contribution in [2.45, 2.75) is 43.2 Å². The lowest BCUT2D eigenvalue weighted by atomic mass is 10.1. The molecule has 1 aromatic carbocycles. The minimum absolute atomic E-state index is 0.234. The molecule has 0 aliphatic carbocycles. The zero-order valence-corrected chi connectivity index (χ0v) is 13.4. The van der Waals surface area contributed by atoms with Gasteiger partial charge >= 0.3 is 0 Å². The van der Waals surface area contributed by atoms with Gasteiger partial charge in [0.15, 0.2) is 9.84 Å². The second kappa shape index (κ2) is 6.33. The van der Waals surface area contributed by atoms with Crippen LogP contribution in [0.25, 0.3) is 0 Å². The Hall–Kier alpha value is -0.780. The maximum Gasteiger partial charge on any atom is 0.175 e. The average molecular weight is 317 g/mol. The van der Waals surface area contributed by atoms with E-state index in [1.54, 1.807) is 12.1 Å². The zero-order chi connectivity index (χ0) is 14.8. The Bertz CT molecular complexity index is 569. The second-order valence-corrected chi connectivity index (χ2v) is 7.91. The molecular weight excluding hydrogens is 296 g/mol. The van der Waals surface area contributed by atoms with Crippen molar-refractivity contribution in [1.29, 1.82) is 0 Å². The van der Waals surface area contributed by atoms with Gasteiger partial charge in [-0.2, -0.15) is 0 Å². The summed E-state index contributed by atoms with van der Waals surface area (Å²) in [6.45, 7) is 3.17. The number of nitrogens with one attached hydrogen (secondary N) is 2. The fourth-order valence-corrected chi connectivity index (χ4v) is 3.37. The molecule has 0 radical (unpaired) electrons. The first kappa shape index (κ1) is 15.6. The Balaban J connectivity index is 2.07. The van der Waals surface area contributed by atoms with Gasteiger partial charge in [-0.05, 0) is 50.9 Å². The molecule has 20 heavy (non-hydrogen) atoms. The van der Waals surface area contributed by atoms with E-state index in [4.69, 9.17) is 11.6 Å². The van der Waals surface area contributed by atoms with Gasteiger partial charge in [-0.15, -0.1) is 0 Å². The minimum atomic E-state index is -3.21. The number of benzene rings is 1. The summed E-state index contributed by atoms with van der Waals surface area (Å²) in [5.41, 5.74) is 0.681. The number of sulfone groups is 1. The molecule has 2 N–H and O–H groups in total. The van der Waals surface area contributed by atoms with Gasteiger partial charge in [-0.3, -0.25) is 0 Å². The minimum Gasteiger partial charge on any atom is -0.381 e. The Morgan fingerprint density at radius 1 is 1.50 bits per heavy atom. The van der Waals surface area contributed by atoms with Crippen LogP contribution in [-0.2, 0) is 9.84 Å². The SMILES string of the molecule is CC(CC1CCCN1)Nc1cc(S(C)(=O)=O)ccc1Cl. The zero-order valence-electron chi connectivity index (χ0n) is 11.8. The van der Waals surface area contributed by atoms with E-state index in [0.29, 0.717) is 16.8 Å². The van der Waals surface area contributed by atoms with Crippen molar-refractivity contribution < 1.29 is 8.42 Å². The van der Waals surface area contributed by atoms with Crippen molar-refractivity contribution in [3.63, 3.8) is 0 Å². The van der Waals surface area contributed by atoms with Gasteiger partial charge in [-0.1, -0.05) is 11.6 Å². The highest BCUT2D eigenvalue weighted by Crippen LogP contribution is 2.26. The van der Waals surface area contributed by atoms with Gasteiger partial charge in [0, 0.05) is 18.3 Å². The summed E-state index contributed by atoms with van der Waals surface area (Å²) >= 11 is 6.13. The van der Waals surface area contributed by atoms with E-state index in [1.807, 2.05) is 0 Å². The van der Waals surface area contributed by atoms with Crippen LogP contribution in [0, 0.1) is 0 Å². The van der Waals surface area contributed by atoms with E-state index in [0.717, 1.165) is 13.0 Å². The van der Waals surface area contributed by atoms with Gasteiger partial charge in [0.2, 0.25) is 0 Å². The van der Waals surface area contributed by atoms with E-state index >= 15 is 0 Å². The van der Waals surface area contributed by atoms with E-state index in [-0.39, 0.29) is 10.9 Å². The van der Waals surface area contributed by atoms with Crippen molar-refractivity contribution in [2.24, 2.45) is 0 Å². The highest BCUT2D eigenvalue weighted by atomic mass is 35.5. The van der Waals surface area contributed by atoms with Crippen molar-refractivity contribution in [3.8, 4) is 0 Å². The molecule has 1 aliphatic rings. The van der Waals surface area contributed by atoms with Gasteiger partial charge in [0.25, 0.3) is 0 Å². The molecule has 2 atom stereocenters. The standard InChI is InChI=1S/C14H21ClN2O2S/c1-10(8-11-4-3-7-16-11)17-14-9-12(20(2,18)19)5-6-13(14)15/h5-6,9-11,16-17H,3-4,7-8H2,1-2H3. The van der Waals surface area contributed by atoms with Crippen LogP contribution in [0.5, 0.6) is 0 Å². The molecule has 0 amide bonds. The molecule has 1 saturated heterocycles. The third-order valence-electron chi connectivity index (χ3n) is 3.57. The number of hydrogen-bond acceptors (Lipinski definition) is 4. The van der Waals surface area contributed by atoms with Crippen LogP contribution in [0.1, 0.15) is 26.2 Å². The van der Waals surface area contributed by atoms with Gasteiger partial charge in [0.1, 0.15) is 0 Å². The Kier molecular flexibility index (Phi) is 4.94. The van der Waals surface area contributed by atoms with Crippen LogP contribution in [0.3, 0.4) is 0 Å². The summed E-state index contributed by atoms with van der Waals surface area (Å²) in [4.78, 5) is 0.288. The highest BCUT2D eigenvalue weighted by molar-refractivity contribution is 7.90. The third kappa shape index (κ3) is 4.11. The number of anilines is 1. The van der Waals surface area contributed by atoms with Crippen molar-refractivity contribution in [1.82, 2.24) is 5.32 Å². The summed E-state index contributed by atoms with van der Waals surface area (Å²) in [6, 6.07) is 5.54. The lowest BCUT2D eigenvalue weighted by Crippen LogP contribution is -2.29. The normalized spacial score (nSPS) is 20.9. The summed E-state index contributed by atoms with van der Waals surface area (Å²) in [6.07, 6.45) is 4.62. The molecule has 1 aliphatic heterocycles. The van der Waals surface area contributed by atoms with E-state index < -0.39 is 9.84 Å². The molecule has 6 heteroatoms. The molecule has 0 bridgehead atoms. The third-order valence-corrected chi connectivity index (χ3v) is 5.01. The predicted octanol–water partition coefficient (Wildman–Crippen LogP) is 2.69. The van der Waals surface area contributed by atoms with Crippen LogP contribution in [0.4, 0.5) is 5.69 Å². The maximum atomic E-state index is 11.6. The largest absolute Gasteiger partial charge is 0.381 e. The lowest BCUT2D eigenvalue weighted by molar-refractivity contribution is 0.523. The molecule has 0 saturated carbocycles. The maximum absolute atomic E-state index is 11.6. The molecule has 0 spiro atoms. The van der Waals surface area contributed by atoms with Crippen molar-refractivity contribution >= 4 is 27.1 Å². The molecule has 1 fully saturated rings. The fourth-order valence-electron chi connectivity index (χ4n) is 2.55. The van der Waals surface area contributed by atoms with Crippen LogP contribution in [0.15, 0.2) is 23.1 Å². The molecule has 1 heterocycles. The molecule has 0 aromatic heterocycles. The monoisotopic (exact) mass is 316 g/mol. The molecule has 112 valence electrons. The molecule has 4 nitrogen and oxygen atoms in total. The van der Waals surface area contributed by atoms with Gasteiger partial charge in [-0.25, -0.2) is 8.42 Å². The first-order chi connectivity index (χ1) is 9.36. The summed E-state index contributed by atoms with van der Waals surface area (Å²) < 4.78 is 23.2. The van der Waals surface area contributed by atoms with Crippen LogP contribution in [-0.4, -0.2) is 33.3 Å². The van der Waals surface area contributed by atoms with Gasteiger partial charge in [0.05, 0.1) is 15.6 Å². The quantitative estimate of drug-likeness (QED) is 0.877. The predicted molar refractivity (Wildman–Crippen MR) is 83.3 cm³/mol.